The Kier molecular flexibility index (Phi) is 3.60. The van der Waals surface area contributed by atoms with Crippen molar-refractivity contribution >= 4 is 38.2 Å². The Bertz CT molecular complexity index is 768. The molecule has 0 spiro atoms. The summed E-state index contributed by atoms with van der Waals surface area (Å²) in [4.78, 5) is 4.12. The Morgan fingerprint density at radius 2 is 2.16 bits per heavy atom. The first-order chi connectivity index (χ1) is 8.95. The van der Waals surface area contributed by atoms with Crippen LogP contribution in [-0.4, -0.2) is 18.7 Å². The van der Waals surface area contributed by atoms with Crippen LogP contribution in [0.1, 0.15) is 6.92 Å². The van der Waals surface area contributed by atoms with Gasteiger partial charge in [-0.25, -0.2) is 8.42 Å². The largest absolute Gasteiger partial charge is 0.280 e. The van der Waals surface area contributed by atoms with Gasteiger partial charge in [-0.15, -0.1) is 0 Å². The van der Waals surface area contributed by atoms with Crippen molar-refractivity contribution in [1.29, 1.82) is 5.26 Å². The lowest BCUT2D eigenvalue weighted by Gasteiger charge is -2.11. The zero-order chi connectivity index (χ0) is 14.0. The van der Waals surface area contributed by atoms with Gasteiger partial charge in [0.1, 0.15) is 0 Å². The lowest BCUT2D eigenvalue weighted by molar-refractivity contribution is 0.597. The fourth-order valence-corrected chi connectivity index (χ4v) is 2.53. The number of aromatic nitrogens is 1. The molecular formula is C12H10ClN3O2S. The Hall–Kier alpha value is -1.84. The molecule has 1 heterocycles. The van der Waals surface area contributed by atoms with Crippen LogP contribution < -0.4 is 4.72 Å². The van der Waals surface area contributed by atoms with E-state index in [1.54, 1.807) is 30.5 Å². The second kappa shape index (κ2) is 5.03. The first-order valence-corrected chi connectivity index (χ1v) is 7.32. The van der Waals surface area contributed by atoms with E-state index in [1.807, 2.05) is 0 Å². The first kappa shape index (κ1) is 13.6. The third kappa shape index (κ3) is 2.62. The van der Waals surface area contributed by atoms with Crippen LogP contribution in [0.2, 0.25) is 5.02 Å². The van der Waals surface area contributed by atoms with Gasteiger partial charge in [0.25, 0.3) is 0 Å². The van der Waals surface area contributed by atoms with E-state index in [2.05, 4.69) is 9.71 Å². The summed E-state index contributed by atoms with van der Waals surface area (Å²) >= 11 is 6.02. The van der Waals surface area contributed by atoms with E-state index in [0.29, 0.717) is 21.6 Å². The van der Waals surface area contributed by atoms with Gasteiger partial charge in [-0.1, -0.05) is 11.6 Å². The summed E-state index contributed by atoms with van der Waals surface area (Å²) in [6.45, 7) is 1.31. The summed E-state index contributed by atoms with van der Waals surface area (Å²) in [5, 5.41) is 8.68. The number of rotatable bonds is 3. The van der Waals surface area contributed by atoms with Crippen molar-refractivity contribution in [3.63, 3.8) is 0 Å². The van der Waals surface area contributed by atoms with Crippen LogP contribution in [0.3, 0.4) is 0 Å². The SMILES string of the molecule is CC(C#N)S(=O)(=O)Nc1ccc(Cl)c2cccnc12. The number of benzene rings is 1. The first-order valence-electron chi connectivity index (χ1n) is 5.40. The van der Waals surface area contributed by atoms with Gasteiger partial charge in [-0.3, -0.25) is 9.71 Å². The molecule has 1 aromatic carbocycles. The monoisotopic (exact) mass is 295 g/mol. The highest BCUT2D eigenvalue weighted by Crippen LogP contribution is 2.28. The van der Waals surface area contributed by atoms with Gasteiger partial charge in [-0.05, 0) is 31.2 Å². The number of nitrogens with zero attached hydrogens (tertiary/aromatic N) is 2. The molecular weight excluding hydrogens is 286 g/mol. The number of sulfonamides is 1. The molecule has 1 aromatic heterocycles. The van der Waals surface area contributed by atoms with E-state index in [1.165, 1.54) is 13.0 Å². The Morgan fingerprint density at radius 3 is 2.84 bits per heavy atom. The summed E-state index contributed by atoms with van der Waals surface area (Å²) in [7, 11) is -3.76. The molecule has 0 fully saturated rings. The number of nitrogens with one attached hydrogen (secondary N) is 1. The van der Waals surface area contributed by atoms with Crippen LogP contribution in [0.25, 0.3) is 10.9 Å². The van der Waals surface area contributed by atoms with Gasteiger partial charge in [0.2, 0.25) is 10.0 Å². The Balaban J connectivity index is 2.54. The fourth-order valence-electron chi connectivity index (χ4n) is 1.53. The van der Waals surface area contributed by atoms with Crippen molar-refractivity contribution in [3.05, 3.63) is 35.5 Å². The van der Waals surface area contributed by atoms with Crippen LogP contribution in [0.5, 0.6) is 0 Å². The summed E-state index contributed by atoms with van der Waals surface area (Å²) in [6, 6.07) is 8.26. The molecule has 7 heteroatoms. The van der Waals surface area contributed by atoms with Crippen LogP contribution in [0.4, 0.5) is 5.69 Å². The van der Waals surface area contributed by atoms with Crippen molar-refractivity contribution in [2.75, 3.05) is 4.72 Å². The van der Waals surface area contributed by atoms with Gasteiger partial charge in [0, 0.05) is 11.6 Å². The van der Waals surface area contributed by atoms with Gasteiger partial charge < -0.3 is 0 Å². The number of hydrogen-bond donors (Lipinski definition) is 1. The molecule has 0 aliphatic carbocycles. The van der Waals surface area contributed by atoms with Crippen LogP contribution >= 0.6 is 11.6 Å². The van der Waals surface area contributed by atoms with Crippen molar-refractivity contribution in [1.82, 2.24) is 4.98 Å². The number of fused-ring (bicyclic) bond motifs is 1. The van der Waals surface area contributed by atoms with E-state index >= 15 is 0 Å². The van der Waals surface area contributed by atoms with Gasteiger partial charge in [0.15, 0.2) is 5.25 Å². The average Bonchev–Trinajstić information content (AvgIpc) is 2.41. The minimum Gasteiger partial charge on any atom is -0.280 e. The lowest BCUT2D eigenvalue weighted by atomic mass is 10.2. The van der Waals surface area contributed by atoms with E-state index < -0.39 is 15.3 Å². The molecule has 0 amide bonds. The molecule has 0 radical (unpaired) electrons. The molecule has 1 atom stereocenters. The summed E-state index contributed by atoms with van der Waals surface area (Å²) in [5.74, 6) is 0. The fraction of sp³-hybridized carbons (Fsp3) is 0.167. The lowest BCUT2D eigenvalue weighted by Crippen LogP contribution is -2.24. The van der Waals surface area contributed by atoms with E-state index in [-0.39, 0.29) is 0 Å². The molecule has 0 aliphatic heterocycles. The molecule has 2 rings (SSSR count). The van der Waals surface area contributed by atoms with Crippen LogP contribution in [0.15, 0.2) is 30.5 Å². The molecule has 19 heavy (non-hydrogen) atoms. The third-order valence-electron chi connectivity index (χ3n) is 2.62. The van der Waals surface area contributed by atoms with E-state index in [9.17, 15) is 8.42 Å². The number of hydrogen-bond acceptors (Lipinski definition) is 4. The Labute approximate surface area is 115 Å². The van der Waals surface area contributed by atoms with Gasteiger partial charge in [-0.2, -0.15) is 5.26 Å². The molecule has 1 unspecified atom stereocenters. The Morgan fingerprint density at radius 1 is 1.42 bits per heavy atom. The van der Waals surface area contributed by atoms with E-state index in [4.69, 9.17) is 16.9 Å². The maximum atomic E-state index is 11.9. The van der Waals surface area contributed by atoms with Crippen molar-refractivity contribution < 1.29 is 8.42 Å². The predicted molar refractivity (Wildman–Crippen MR) is 74.4 cm³/mol. The minimum absolute atomic E-state index is 0.308. The molecule has 0 saturated heterocycles. The maximum Gasteiger partial charge on any atom is 0.248 e. The molecule has 0 saturated carbocycles. The molecule has 0 aliphatic rings. The zero-order valence-electron chi connectivity index (χ0n) is 9.96. The highest BCUT2D eigenvalue weighted by atomic mass is 35.5. The van der Waals surface area contributed by atoms with E-state index in [0.717, 1.165) is 0 Å². The second-order valence-corrected chi connectivity index (χ2v) is 6.32. The average molecular weight is 296 g/mol. The molecule has 0 bridgehead atoms. The minimum atomic E-state index is -3.76. The standard InChI is InChI=1S/C12H10ClN3O2S/c1-8(7-14)19(17,18)16-11-5-4-10(13)9-3-2-6-15-12(9)11/h2-6,8,16H,1H3. The molecule has 1 N–H and O–H groups in total. The molecule has 5 nitrogen and oxygen atoms in total. The summed E-state index contributed by atoms with van der Waals surface area (Å²) < 4.78 is 26.1. The molecule has 98 valence electrons. The second-order valence-electron chi connectivity index (χ2n) is 3.91. The van der Waals surface area contributed by atoms with Crippen molar-refractivity contribution in [2.24, 2.45) is 0 Å². The highest BCUT2D eigenvalue weighted by Gasteiger charge is 2.21. The quantitative estimate of drug-likeness (QED) is 0.943. The van der Waals surface area contributed by atoms with Gasteiger partial charge in [0.05, 0.1) is 22.3 Å². The molecule has 2 aromatic rings. The number of pyridine rings is 1. The zero-order valence-corrected chi connectivity index (χ0v) is 11.5. The topological polar surface area (TPSA) is 82.8 Å². The third-order valence-corrected chi connectivity index (χ3v) is 4.49. The normalized spacial score (nSPS) is 12.9. The van der Waals surface area contributed by atoms with Crippen LogP contribution in [0, 0.1) is 11.3 Å². The van der Waals surface area contributed by atoms with Crippen molar-refractivity contribution in [3.8, 4) is 6.07 Å². The maximum absolute atomic E-state index is 11.9. The highest BCUT2D eigenvalue weighted by molar-refractivity contribution is 7.93. The number of nitriles is 1. The number of anilines is 1. The number of halogens is 1. The van der Waals surface area contributed by atoms with Gasteiger partial charge >= 0.3 is 0 Å². The summed E-state index contributed by atoms with van der Waals surface area (Å²) in [6.07, 6.45) is 1.55. The predicted octanol–water partition coefficient (Wildman–Crippen LogP) is 2.54. The smallest absolute Gasteiger partial charge is 0.248 e. The summed E-state index contributed by atoms with van der Waals surface area (Å²) in [5.41, 5.74) is 0.755. The van der Waals surface area contributed by atoms with Crippen LogP contribution in [-0.2, 0) is 10.0 Å². The van der Waals surface area contributed by atoms with Crippen molar-refractivity contribution in [2.45, 2.75) is 12.2 Å².